The molecule has 2 amide bonds. The first-order chi connectivity index (χ1) is 14.4. The summed E-state index contributed by atoms with van der Waals surface area (Å²) < 4.78 is 38.3. The van der Waals surface area contributed by atoms with Crippen LogP contribution in [0.5, 0.6) is 11.5 Å². The molecule has 2 aliphatic heterocycles. The zero-order valence-corrected chi connectivity index (χ0v) is 17.7. The number of para-hydroxylation sites is 2. The second-order valence-electron chi connectivity index (χ2n) is 7.03. The molecule has 2 heterocycles. The predicted octanol–water partition coefficient (Wildman–Crippen LogP) is 2.20. The van der Waals surface area contributed by atoms with Gasteiger partial charge in [-0.2, -0.15) is 4.31 Å². The standard InChI is InChI=1S/C20H22ClN3O5S/c21-15-5-7-17(8-6-15)30(26,27)24-11-9-23(10-12-24)20(25)22-13-16-14-28-18-3-1-2-4-19(18)29-16/h1-8,16H,9-14H2,(H,22,25)/t16-/m1/s1. The van der Waals surface area contributed by atoms with Crippen LogP contribution in [0.4, 0.5) is 4.79 Å². The third-order valence-corrected chi connectivity index (χ3v) is 7.19. The van der Waals surface area contributed by atoms with E-state index in [1.165, 1.54) is 16.4 Å². The van der Waals surface area contributed by atoms with Gasteiger partial charge in [-0.05, 0) is 36.4 Å². The maximum atomic E-state index is 12.7. The molecule has 0 unspecified atom stereocenters. The van der Waals surface area contributed by atoms with Crippen LogP contribution < -0.4 is 14.8 Å². The van der Waals surface area contributed by atoms with Crippen molar-refractivity contribution in [1.29, 1.82) is 0 Å². The Balaban J connectivity index is 1.27. The van der Waals surface area contributed by atoms with Gasteiger partial charge in [0.05, 0.1) is 11.4 Å². The van der Waals surface area contributed by atoms with Crippen LogP contribution >= 0.6 is 11.6 Å². The lowest BCUT2D eigenvalue weighted by Gasteiger charge is -2.34. The number of fused-ring (bicyclic) bond motifs is 1. The Morgan fingerprint density at radius 2 is 1.70 bits per heavy atom. The van der Waals surface area contributed by atoms with Crippen molar-refractivity contribution >= 4 is 27.7 Å². The van der Waals surface area contributed by atoms with Crippen molar-refractivity contribution in [3.05, 3.63) is 53.6 Å². The molecule has 160 valence electrons. The number of hydrogen-bond donors (Lipinski definition) is 1. The van der Waals surface area contributed by atoms with Crippen LogP contribution in [-0.2, 0) is 10.0 Å². The summed E-state index contributed by atoms with van der Waals surface area (Å²) in [5.74, 6) is 1.35. The van der Waals surface area contributed by atoms with Crippen LogP contribution in [0, 0.1) is 0 Å². The molecule has 0 aromatic heterocycles. The number of hydrogen-bond acceptors (Lipinski definition) is 5. The molecule has 2 aromatic rings. The van der Waals surface area contributed by atoms with Crippen molar-refractivity contribution in [1.82, 2.24) is 14.5 Å². The summed E-state index contributed by atoms with van der Waals surface area (Å²) >= 11 is 5.84. The third kappa shape index (κ3) is 4.48. The van der Waals surface area contributed by atoms with Crippen molar-refractivity contribution in [3.63, 3.8) is 0 Å². The Kier molecular flexibility index (Phi) is 6.03. The molecule has 1 saturated heterocycles. The van der Waals surface area contributed by atoms with Crippen molar-refractivity contribution in [3.8, 4) is 11.5 Å². The van der Waals surface area contributed by atoms with E-state index in [-0.39, 0.29) is 30.1 Å². The Hall–Kier alpha value is -2.49. The van der Waals surface area contributed by atoms with Crippen LogP contribution in [0.3, 0.4) is 0 Å². The molecular formula is C20H22ClN3O5S. The van der Waals surface area contributed by atoms with E-state index >= 15 is 0 Å². The topological polar surface area (TPSA) is 88.2 Å². The lowest BCUT2D eigenvalue weighted by Crippen LogP contribution is -2.54. The highest BCUT2D eigenvalue weighted by molar-refractivity contribution is 7.89. The zero-order chi connectivity index (χ0) is 21.1. The largest absolute Gasteiger partial charge is 0.486 e. The molecule has 4 rings (SSSR count). The summed E-state index contributed by atoms with van der Waals surface area (Å²) in [5.41, 5.74) is 0. The minimum absolute atomic E-state index is 0.194. The third-order valence-electron chi connectivity index (χ3n) is 5.03. The minimum atomic E-state index is -3.61. The Bertz CT molecular complexity index is 1010. The molecule has 0 radical (unpaired) electrons. The number of carbonyl (C=O) groups is 1. The smallest absolute Gasteiger partial charge is 0.317 e. The molecule has 1 fully saturated rings. The molecular weight excluding hydrogens is 430 g/mol. The maximum absolute atomic E-state index is 12.7. The van der Waals surface area contributed by atoms with Gasteiger partial charge in [0, 0.05) is 31.2 Å². The van der Waals surface area contributed by atoms with Gasteiger partial charge in [0.25, 0.3) is 0 Å². The van der Waals surface area contributed by atoms with Crippen LogP contribution in [0.15, 0.2) is 53.4 Å². The van der Waals surface area contributed by atoms with Crippen molar-refractivity contribution in [2.75, 3.05) is 39.3 Å². The highest BCUT2D eigenvalue weighted by Crippen LogP contribution is 2.30. The lowest BCUT2D eigenvalue weighted by atomic mass is 10.2. The second kappa shape index (κ2) is 8.71. The number of nitrogens with one attached hydrogen (secondary N) is 1. The Labute approximate surface area is 180 Å². The first kappa shape index (κ1) is 20.8. The number of urea groups is 1. The van der Waals surface area contributed by atoms with E-state index in [0.717, 1.165) is 0 Å². The first-order valence-corrected chi connectivity index (χ1v) is 11.4. The van der Waals surface area contributed by atoms with Gasteiger partial charge in [-0.15, -0.1) is 0 Å². The van der Waals surface area contributed by atoms with E-state index in [4.69, 9.17) is 21.1 Å². The Morgan fingerprint density at radius 1 is 1.03 bits per heavy atom. The second-order valence-corrected chi connectivity index (χ2v) is 9.40. The number of halogens is 1. The van der Waals surface area contributed by atoms with Gasteiger partial charge < -0.3 is 19.7 Å². The van der Waals surface area contributed by atoms with Gasteiger partial charge in [0.1, 0.15) is 6.61 Å². The van der Waals surface area contributed by atoms with E-state index in [1.54, 1.807) is 17.0 Å². The molecule has 2 aromatic carbocycles. The molecule has 0 saturated carbocycles. The van der Waals surface area contributed by atoms with Crippen molar-refractivity contribution in [2.24, 2.45) is 0 Å². The van der Waals surface area contributed by atoms with Crippen LogP contribution in [0.25, 0.3) is 0 Å². The first-order valence-electron chi connectivity index (χ1n) is 9.60. The average Bonchev–Trinajstić information content (AvgIpc) is 2.77. The van der Waals surface area contributed by atoms with Crippen LogP contribution in [0.2, 0.25) is 5.02 Å². The molecule has 1 atom stereocenters. The normalized spacial score (nSPS) is 19.4. The van der Waals surface area contributed by atoms with E-state index in [1.807, 2.05) is 24.3 Å². The van der Waals surface area contributed by atoms with E-state index in [2.05, 4.69) is 5.32 Å². The molecule has 0 aliphatic carbocycles. The highest BCUT2D eigenvalue weighted by atomic mass is 35.5. The van der Waals surface area contributed by atoms with Crippen LogP contribution in [-0.4, -0.2) is 69.1 Å². The Morgan fingerprint density at radius 3 is 2.40 bits per heavy atom. The minimum Gasteiger partial charge on any atom is -0.486 e. The summed E-state index contributed by atoms with van der Waals surface area (Å²) in [5, 5.41) is 3.32. The number of piperazine rings is 1. The number of amides is 2. The summed E-state index contributed by atoms with van der Waals surface area (Å²) in [6, 6.07) is 13.2. The predicted molar refractivity (Wildman–Crippen MR) is 112 cm³/mol. The molecule has 0 spiro atoms. The molecule has 10 heteroatoms. The number of carbonyl (C=O) groups excluding carboxylic acids is 1. The maximum Gasteiger partial charge on any atom is 0.317 e. The number of ether oxygens (including phenoxy) is 2. The number of rotatable bonds is 4. The van der Waals surface area contributed by atoms with Crippen molar-refractivity contribution < 1.29 is 22.7 Å². The monoisotopic (exact) mass is 451 g/mol. The van der Waals surface area contributed by atoms with Gasteiger partial charge in [-0.3, -0.25) is 0 Å². The van der Waals surface area contributed by atoms with Gasteiger partial charge >= 0.3 is 6.03 Å². The highest BCUT2D eigenvalue weighted by Gasteiger charge is 2.30. The van der Waals surface area contributed by atoms with Gasteiger partial charge in [0.2, 0.25) is 10.0 Å². The summed E-state index contributed by atoms with van der Waals surface area (Å²) in [7, 11) is -3.61. The van der Waals surface area contributed by atoms with Gasteiger partial charge in [-0.25, -0.2) is 13.2 Å². The van der Waals surface area contributed by atoms with Crippen molar-refractivity contribution in [2.45, 2.75) is 11.0 Å². The average molecular weight is 452 g/mol. The molecule has 30 heavy (non-hydrogen) atoms. The number of sulfonamides is 1. The number of nitrogens with zero attached hydrogens (tertiary/aromatic N) is 2. The van der Waals surface area contributed by atoms with E-state index in [0.29, 0.717) is 42.8 Å². The fraction of sp³-hybridized carbons (Fsp3) is 0.350. The summed E-state index contributed by atoms with van der Waals surface area (Å²) in [6.45, 7) is 1.73. The summed E-state index contributed by atoms with van der Waals surface area (Å²) in [4.78, 5) is 14.3. The van der Waals surface area contributed by atoms with Crippen LogP contribution in [0.1, 0.15) is 0 Å². The van der Waals surface area contributed by atoms with Gasteiger partial charge in [0.15, 0.2) is 17.6 Å². The fourth-order valence-electron chi connectivity index (χ4n) is 3.36. The number of benzene rings is 2. The summed E-state index contributed by atoms with van der Waals surface area (Å²) in [6.07, 6.45) is -0.282. The quantitative estimate of drug-likeness (QED) is 0.769. The van der Waals surface area contributed by atoms with Gasteiger partial charge in [-0.1, -0.05) is 23.7 Å². The van der Waals surface area contributed by atoms with E-state index < -0.39 is 10.0 Å². The molecule has 8 nitrogen and oxygen atoms in total. The SMILES string of the molecule is O=C(NC[C@@H]1COc2ccccc2O1)N1CCN(S(=O)(=O)c2ccc(Cl)cc2)CC1. The zero-order valence-electron chi connectivity index (χ0n) is 16.2. The fourth-order valence-corrected chi connectivity index (χ4v) is 4.91. The molecule has 2 aliphatic rings. The molecule has 1 N–H and O–H groups in total. The lowest BCUT2D eigenvalue weighted by molar-refractivity contribution is 0.0893. The molecule has 0 bridgehead atoms. The van der Waals surface area contributed by atoms with E-state index in [9.17, 15) is 13.2 Å².